The first kappa shape index (κ1) is 19.1. The van der Waals surface area contributed by atoms with Crippen molar-refractivity contribution in [2.45, 2.75) is 52.6 Å². The van der Waals surface area contributed by atoms with Crippen LogP contribution in [0.4, 0.5) is 16.3 Å². The largest absolute Gasteiger partial charge is 0.346 e. The Labute approximate surface area is 161 Å². The Hall–Kier alpha value is -2.63. The maximum absolute atomic E-state index is 12.7. The minimum atomic E-state index is -0.0550. The molecule has 0 saturated carbocycles. The molecule has 1 fully saturated rings. The second-order valence-corrected chi connectivity index (χ2v) is 7.75. The summed E-state index contributed by atoms with van der Waals surface area (Å²) in [6.45, 7) is 11.8. The van der Waals surface area contributed by atoms with Crippen LogP contribution in [0.2, 0.25) is 0 Å². The van der Waals surface area contributed by atoms with E-state index in [0.29, 0.717) is 19.0 Å². The number of amides is 2. The summed E-state index contributed by atoms with van der Waals surface area (Å²) in [6, 6.07) is 12.3. The summed E-state index contributed by atoms with van der Waals surface area (Å²) in [4.78, 5) is 16.9. The monoisotopic (exact) mass is 367 g/mol. The first-order valence-corrected chi connectivity index (χ1v) is 9.59. The van der Waals surface area contributed by atoms with E-state index in [1.807, 2.05) is 36.1 Å². The van der Waals surface area contributed by atoms with E-state index in [-0.39, 0.29) is 18.1 Å². The van der Waals surface area contributed by atoms with Crippen molar-refractivity contribution < 1.29 is 4.79 Å². The number of hydrogen-bond acceptors (Lipinski definition) is 4. The summed E-state index contributed by atoms with van der Waals surface area (Å²) in [5.74, 6) is 1.35. The van der Waals surface area contributed by atoms with Gasteiger partial charge in [0, 0.05) is 30.9 Å². The SMILES string of the molecule is Cc1ccc(N2[C@H](C)CN(C(=O)Nc3ccc(C(C)C)cc3)C[C@@H]2C)nn1. The van der Waals surface area contributed by atoms with Crippen molar-refractivity contribution in [2.24, 2.45) is 0 Å². The van der Waals surface area contributed by atoms with Gasteiger partial charge in [0.2, 0.25) is 0 Å². The van der Waals surface area contributed by atoms with Crippen LogP contribution in [0, 0.1) is 6.92 Å². The molecule has 1 aliphatic rings. The number of benzene rings is 1. The molecule has 0 spiro atoms. The van der Waals surface area contributed by atoms with Gasteiger partial charge >= 0.3 is 6.03 Å². The van der Waals surface area contributed by atoms with Crippen LogP contribution < -0.4 is 10.2 Å². The molecule has 1 N–H and O–H groups in total. The van der Waals surface area contributed by atoms with Gasteiger partial charge in [0.25, 0.3) is 0 Å². The summed E-state index contributed by atoms with van der Waals surface area (Å²) in [7, 11) is 0. The van der Waals surface area contributed by atoms with Gasteiger partial charge in [-0.2, -0.15) is 5.10 Å². The quantitative estimate of drug-likeness (QED) is 0.889. The van der Waals surface area contributed by atoms with Crippen molar-refractivity contribution in [3.05, 3.63) is 47.7 Å². The van der Waals surface area contributed by atoms with Crippen molar-refractivity contribution in [3.63, 3.8) is 0 Å². The Morgan fingerprint density at radius 2 is 1.67 bits per heavy atom. The zero-order valence-electron chi connectivity index (χ0n) is 16.8. The second kappa shape index (κ2) is 7.94. The molecule has 0 aliphatic carbocycles. The summed E-state index contributed by atoms with van der Waals surface area (Å²) in [5.41, 5.74) is 3.00. The standard InChI is InChI=1S/C21H29N5O/c1-14(2)18-7-9-19(10-8-18)22-21(27)25-12-16(4)26(17(5)13-25)20-11-6-15(3)23-24-20/h6-11,14,16-17H,12-13H2,1-5H3,(H,22,27)/t16-,17+. The molecule has 6 heteroatoms. The molecule has 2 amide bonds. The third-order valence-corrected chi connectivity index (χ3v) is 5.08. The van der Waals surface area contributed by atoms with Crippen LogP contribution >= 0.6 is 0 Å². The van der Waals surface area contributed by atoms with E-state index in [1.165, 1.54) is 5.56 Å². The van der Waals surface area contributed by atoms with Crippen molar-refractivity contribution in [3.8, 4) is 0 Å². The lowest BCUT2D eigenvalue weighted by molar-refractivity contribution is 0.189. The Kier molecular flexibility index (Phi) is 5.63. The molecule has 0 unspecified atom stereocenters. The first-order chi connectivity index (χ1) is 12.8. The van der Waals surface area contributed by atoms with E-state index < -0.39 is 0 Å². The summed E-state index contributed by atoms with van der Waals surface area (Å²) in [5, 5.41) is 11.5. The van der Waals surface area contributed by atoms with Crippen molar-refractivity contribution in [1.29, 1.82) is 0 Å². The number of urea groups is 1. The van der Waals surface area contributed by atoms with Gasteiger partial charge in [0.15, 0.2) is 5.82 Å². The molecule has 3 rings (SSSR count). The Morgan fingerprint density at radius 1 is 1.04 bits per heavy atom. The number of nitrogens with zero attached hydrogens (tertiary/aromatic N) is 4. The predicted molar refractivity (Wildman–Crippen MR) is 109 cm³/mol. The van der Waals surface area contributed by atoms with E-state index in [1.54, 1.807) is 0 Å². The maximum Gasteiger partial charge on any atom is 0.321 e. The van der Waals surface area contributed by atoms with E-state index in [0.717, 1.165) is 17.2 Å². The fourth-order valence-electron chi connectivity index (χ4n) is 3.62. The minimum absolute atomic E-state index is 0.0550. The zero-order chi connectivity index (χ0) is 19.6. The highest BCUT2D eigenvalue weighted by atomic mass is 16.2. The minimum Gasteiger partial charge on any atom is -0.346 e. The highest BCUT2D eigenvalue weighted by Crippen LogP contribution is 2.23. The maximum atomic E-state index is 12.7. The van der Waals surface area contributed by atoms with Crippen LogP contribution in [0.15, 0.2) is 36.4 Å². The molecule has 27 heavy (non-hydrogen) atoms. The molecule has 0 bridgehead atoms. The molecule has 2 heterocycles. The number of piperazine rings is 1. The fraction of sp³-hybridized carbons (Fsp3) is 0.476. The Bertz CT molecular complexity index is 760. The average molecular weight is 367 g/mol. The van der Waals surface area contributed by atoms with Gasteiger partial charge in [-0.1, -0.05) is 26.0 Å². The van der Waals surface area contributed by atoms with Gasteiger partial charge in [0.05, 0.1) is 5.69 Å². The lowest BCUT2D eigenvalue weighted by atomic mass is 10.0. The third-order valence-electron chi connectivity index (χ3n) is 5.08. The van der Waals surface area contributed by atoms with Gasteiger partial charge in [-0.05, 0) is 56.5 Å². The molecule has 2 atom stereocenters. The number of anilines is 2. The number of carbonyl (C=O) groups excluding carboxylic acids is 1. The molecule has 0 radical (unpaired) electrons. The van der Waals surface area contributed by atoms with Crippen LogP contribution in [0.5, 0.6) is 0 Å². The van der Waals surface area contributed by atoms with Crippen LogP contribution in [0.3, 0.4) is 0 Å². The van der Waals surface area contributed by atoms with Gasteiger partial charge in [-0.3, -0.25) is 0 Å². The summed E-state index contributed by atoms with van der Waals surface area (Å²) in [6.07, 6.45) is 0. The first-order valence-electron chi connectivity index (χ1n) is 9.59. The van der Waals surface area contributed by atoms with Crippen molar-refractivity contribution in [2.75, 3.05) is 23.3 Å². The normalized spacial score (nSPS) is 20.1. The number of aryl methyl sites for hydroxylation is 1. The summed E-state index contributed by atoms with van der Waals surface area (Å²) >= 11 is 0. The van der Waals surface area contributed by atoms with Gasteiger partial charge in [0.1, 0.15) is 0 Å². The highest BCUT2D eigenvalue weighted by molar-refractivity contribution is 5.89. The third kappa shape index (κ3) is 4.38. The summed E-state index contributed by atoms with van der Waals surface area (Å²) < 4.78 is 0. The molecule has 2 aromatic rings. The molecule has 144 valence electrons. The van der Waals surface area contributed by atoms with E-state index in [4.69, 9.17) is 0 Å². The van der Waals surface area contributed by atoms with Gasteiger partial charge in [-0.15, -0.1) is 5.10 Å². The number of hydrogen-bond donors (Lipinski definition) is 1. The predicted octanol–water partition coefficient (Wildman–Crippen LogP) is 4.04. The van der Waals surface area contributed by atoms with E-state index in [2.05, 4.69) is 60.2 Å². The number of carbonyl (C=O) groups is 1. The van der Waals surface area contributed by atoms with Crippen LogP contribution in [0.1, 0.15) is 44.9 Å². The highest BCUT2D eigenvalue weighted by Gasteiger charge is 2.32. The average Bonchev–Trinajstić information content (AvgIpc) is 2.63. The number of nitrogens with one attached hydrogen (secondary N) is 1. The molecule has 1 aromatic carbocycles. The fourth-order valence-corrected chi connectivity index (χ4v) is 3.62. The lowest BCUT2D eigenvalue weighted by Gasteiger charge is -2.44. The van der Waals surface area contributed by atoms with Gasteiger partial charge < -0.3 is 15.1 Å². The Morgan fingerprint density at radius 3 is 2.19 bits per heavy atom. The van der Waals surface area contributed by atoms with Crippen LogP contribution in [-0.4, -0.2) is 46.3 Å². The van der Waals surface area contributed by atoms with Crippen molar-refractivity contribution in [1.82, 2.24) is 15.1 Å². The molecular formula is C21H29N5O. The molecule has 1 aromatic heterocycles. The zero-order valence-corrected chi connectivity index (χ0v) is 16.8. The number of rotatable bonds is 3. The molecule has 1 saturated heterocycles. The van der Waals surface area contributed by atoms with Crippen LogP contribution in [-0.2, 0) is 0 Å². The molecule has 1 aliphatic heterocycles. The van der Waals surface area contributed by atoms with Crippen molar-refractivity contribution >= 4 is 17.5 Å². The molecule has 6 nitrogen and oxygen atoms in total. The van der Waals surface area contributed by atoms with E-state index in [9.17, 15) is 4.79 Å². The number of aromatic nitrogens is 2. The van der Waals surface area contributed by atoms with E-state index >= 15 is 0 Å². The van der Waals surface area contributed by atoms with Gasteiger partial charge in [-0.25, -0.2) is 4.79 Å². The molecular weight excluding hydrogens is 338 g/mol. The topological polar surface area (TPSA) is 61.4 Å². The Balaban J connectivity index is 1.65. The van der Waals surface area contributed by atoms with Crippen LogP contribution in [0.25, 0.3) is 0 Å². The smallest absolute Gasteiger partial charge is 0.321 e. The lowest BCUT2D eigenvalue weighted by Crippen LogP contribution is -2.59. The second-order valence-electron chi connectivity index (χ2n) is 7.75.